The van der Waals surface area contributed by atoms with Gasteiger partial charge in [0.2, 0.25) is 0 Å². The van der Waals surface area contributed by atoms with Crippen molar-refractivity contribution in [1.29, 1.82) is 0 Å². The van der Waals surface area contributed by atoms with Crippen LogP contribution in [0.2, 0.25) is 0 Å². The van der Waals surface area contributed by atoms with E-state index in [1.165, 1.54) is 28.5 Å². The lowest BCUT2D eigenvalue weighted by atomic mass is 10.3. The third-order valence-corrected chi connectivity index (χ3v) is 6.65. The Morgan fingerprint density at radius 3 is 2.75 bits per heavy atom. The quantitative estimate of drug-likeness (QED) is 0.750. The molecule has 1 aromatic rings. The van der Waals surface area contributed by atoms with Gasteiger partial charge in [-0.1, -0.05) is 19.1 Å². The number of nitrogens with one attached hydrogen (secondary N) is 1. The number of hydrogen-bond acceptors (Lipinski definition) is 4. The fraction of sp³-hybridized carbons (Fsp3) is 0.571. The van der Waals surface area contributed by atoms with Crippen LogP contribution in [0.15, 0.2) is 28.5 Å². The van der Waals surface area contributed by atoms with E-state index in [1.807, 2.05) is 19.9 Å². The molecule has 0 radical (unpaired) electrons. The molecule has 112 valence electrons. The van der Waals surface area contributed by atoms with E-state index < -0.39 is 10.0 Å². The molecule has 1 aromatic heterocycles. The van der Waals surface area contributed by atoms with E-state index in [0.717, 1.165) is 17.0 Å². The first kappa shape index (κ1) is 15.7. The second kappa shape index (κ2) is 6.39. The summed E-state index contributed by atoms with van der Waals surface area (Å²) in [5, 5.41) is 3.40. The molecule has 1 N–H and O–H groups in total. The van der Waals surface area contributed by atoms with Crippen LogP contribution in [0.1, 0.15) is 31.6 Å². The summed E-state index contributed by atoms with van der Waals surface area (Å²) in [6, 6.07) is 4.25. The molecule has 4 nitrogen and oxygen atoms in total. The fourth-order valence-corrected chi connectivity index (χ4v) is 4.89. The molecule has 1 heterocycles. The van der Waals surface area contributed by atoms with Gasteiger partial charge in [0.15, 0.2) is 0 Å². The van der Waals surface area contributed by atoms with Gasteiger partial charge in [-0.15, -0.1) is 11.3 Å². The summed E-state index contributed by atoms with van der Waals surface area (Å²) in [7, 11) is -3.39. The number of nitrogens with zero attached hydrogens (tertiary/aromatic N) is 1. The predicted octanol–water partition coefficient (Wildman–Crippen LogP) is 2.59. The lowest BCUT2D eigenvalue weighted by Crippen LogP contribution is -2.31. The standard InChI is InChI=1S/C14H22N2O2S2/c1-4-16(10-11(2)3)20(17,18)14-8-7-13(19-14)9-15-12-5-6-12/h7-8,12,15H,2,4-6,9-10H2,1,3H3. The van der Waals surface area contributed by atoms with Crippen molar-refractivity contribution < 1.29 is 8.42 Å². The van der Waals surface area contributed by atoms with Gasteiger partial charge in [0, 0.05) is 30.6 Å². The van der Waals surface area contributed by atoms with Crippen LogP contribution in [0, 0.1) is 0 Å². The van der Waals surface area contributed by atoms with Gasteiger partial charge in [-0.25, -0.2) is 8.42 Å². The number of thiophene rings is 1. The lowest BCUT2D eigenvalue weighted by molar-refractivity contribution is 0.454. The highest BCUT2D eigenvalue weighted by Crippen LogP contribution is 2.26. The maximum Gasteiger partial charge on any atom is 0.252 e. The number of sulfonamides is 1. The minimum atomic E-state index is -3.39. The largest absolute Gasteiger partial charge is 0.309 e. The molecule has 0 bridgehead atoms. The van der Waals surface area contributed by atoms with E-state index in [2.05, 4.69) is 11.9 Å². The highest BCUT2D eigenvalue weighted by Gasteiger charge is 2.25. The van der Waals surface area contributed by atoms with E-state index in [-0.39, 0.29) is 0 Å². The van der Waals surface area contributed by atoms with Crippen molar-refractivity contribution in [1.82, 2.24) is 9.62 Å². The Morgan fingerprint density at radius 1 is 1.50 bits per heavy atom. The summed E-state index contributed by atoms with van der Waals surface area (Å²) in [6.07, 6.45) is 2.47. The van der Waals surface area contributed by atoms with Crippen LogP contribution >= 0.6 is 11.3 Å². The molecule has 1 aliphatic rings. The highest BCUT2D eigenvalue weighted by molar-refractivity contribution is 7.91. The molecule has 1 saturated carbocycles. The van der Waals surface area contributed by atoms with Crippen molar-refractivity contribution in [2.75, 3.05) is 13.1 Å². The average Bonchev–Trinajstić information content (AvgIpc) is 3.09. The van der Waals surface area contributed by atoms with Gasteiger partial charge in [-0.05, 0) is 31.9 Å². The van der Waals surface area contributed by atoms with Crippen LogP contribution in [0.5, 0.6) is 0 Å². The highest BCUT2D eigenvalue weighted by atomic mass is 32.2. The van der Waals surface area contributed by atoms with Crippen molar-refractivity contribution in [3.05, 3.63) is 29.2 Å². The Balaban J connectivity index is 2.08. The summed E-state index contributed by atoms with van der Waals surface area (Å²) in [5.74, 6) is 0. The van der Waals surface area contributed by atoms with Crippen LogP contribution < -0.4 is 5.32 Å². The van der Waals surface area contributed by atoms with Gasteiger partial charge in [0.1, 0.15) is 4.21 Å². The first-order valence-electron chi connectivity index (χ1n) is 6.90. The molecule has 0 amide bonds. The van der Waals surface area contributed by atoms with Crippen LogP contribution in [-0.4, -0.2) is 31.9 Å². The van der Waals surface area contributed by atoms with E-state index in [4.69, 9.17) is 0 Å². The van der Waals surface area contributed by atoms with Crippen molar-refractivity contribution >= 4 is 21.4 Å². The minimum Gasteiger partial charge on any atom is -0.309 e. The average molecular weight is 314 g/mol. The van der Waals surface area contributed by atoms with Crippen LogP contribution in [0.25, 0.3) is 0 Å². The Labute approximate surface area is 125 Å². The van der Waals surface area contributed by atoms with Crippen molar-refractivity contribution in [2.45, 2.75) is 43.5 Å². The van der Waals surface area contributed by atoms with Gasteiger partial charge >= 0.3 is 0 Å². The van der Waals surface area contributed by atoms with E-state index in [1.54, 1.807) is 6.07 Å². The van der Waals surface area contributed by atoms with Gasteiger partial charge in [0.05, 0.1) is 0 Å². The third kappa shape index (κ3) is 3.91. The van der Waals surface area contributed by atoms with Gasteiger partial charge in [-0.3, -0.25) is 0 Å². The molecule has 0 atom stereocenters. The summed E-state index contributed by atoms with van der Waals surface area (Å²) in [6.45, 7) is 9.10. The van der Waals surface area contributed by atoms with Gasteiger partial charge in [-0.2, -0.15) is 4.31 Å². The van der Waals surface area contributed by atoms with Gasteiger partial charge in [0.25, 0.3) is 10.0 Å². The third-order valence-electron chi connectivity index (χ3n) is 3.17. The zero-order chi connectivity index (χ0) is 14.8. The lowest BCUT2D eigenvalue weighted by Gasteiger charge is -2.19. The SMILES string of the molecule is C=C(C)CN(CC)S(=O)(=O)c1ccc(CNC2CC2)s1. The molecule has 0 aromatic carbocycles. The van der Waals surface area contributed by atoms with Crippen molar-refractivity contribution in [2.24, 2.45) is 0 Å². The zero-order valence-electron chi connectivity index (χ0n) is 12.1. The Morgan fingerprint density at radius 2 is 2.20 bits per heavy atom. The van der Waals surface area contributed by atoms with E-state index in [0.29, 0.717) is 23.3 Å². The molecule has 6 heteroatoms. The van der Waals surface area contributed by atoms with Crippen molar-refractivity contribution in [3.8, 4) is 0 Å². The predicted molar refractivity (Wildman–Crippen MR) is 83.4 cm³/mol. The smallest absolute Gasteiger partial charge is 0.252 e. The van der Waals surface area contributed by atoms with Crippen LogP contribution in [0.3, 0.4) is 0 Å². The van der Waals surface area contributed by atoms with Gasteiger partial charge < -0.3 is 5.32 Å². The summed E-state index contributed by atoms with van der Waals surface area (Å²) < 4.78 is 27.0. The summed E-state index contributed by atoms with van der Waals surface area (Å²) in [4.78, 5) is 1.07. The zero-order valence-corrected chi connectivity index (χ0v) is 13.7. The first-order chi connectivity index (χ1) is 9.43. The maximum absolute atomic E-state index is 12.5. The number of hydrogen-bond donors (Lipinski definition) is 1. The molecular formula is C14H22N2O2S2. The Kier molecular flexibility index (Phi) is 5.01. The molecule has 2 rings (SSSR count). The topological polar surface area (TPSA) is 49.4 Å². The van der Waals surface area contributed by atoms with E-state index >= 15 is 0 Å². The molecule has 0 aliphatic heterocycles. The van der Waals surface area contributed by atoms with Crippen LogP contribution in [-0.2, 0) is 16.6 Å². The van der Waals surface area contributed by atoms with E-state index in [9.17, 15) is 8.42 Å². The Bertz CT molecular complexity index is 574. The fourth-order valence-electron chi connectivity index (χ4n) is 1.92. The molecule has 1 fully saturated rings. The molecular weight excluding hydrogens is 292 g/mol. The number of rotatable bonds is 8. The molecule has 1 aliphatic carbocycles. The molecule has 20 heavy (non-hydrogen) atoms. The summed E-state index contributed by atoms with van der Waals surface area (Å²) in [5.41, 5.74) is 0.850. The molecule has 0 spiro atoms. The van der Waals surface area contributed by atoms with Crippen molar-refractivity contribution in [3.63, 3.8) is 0 Å². The van der Waals surface area contributed by atoms with Crippen LogP contribution in [0.4, 0.5) is 0 Å². The second-order valence-electron chi connectivity index (χ2n) is 5.26. The summed E-state index contributed by atoms with van der Waals surface area (Å²) >= 11 is 1.36. The second-order valence-corrected chi connectivity index (χ2v) is 8.60. The molecule has 0 unspecified atom stereocenters. The minimum absolute atomic E-state index is 0.381. The molecule has 0 saturated heterocycles. The first-order valence-corrected chi connectivity index (χ1v) is 9.15. The monoisotopic (exact) mass is 314 g/mol. The normalized spacial score (nSPS) is 15.8. The maximum atomic E-state index is 12.5. The Hall–Kier alpha value is -0.690. The number of likely N-dealkylation sites (N-methyl/N-ethyl adjacent to an activating group) is 1.